The lowest BCUT2D eigenvalue weighted by atomic mass is 10.1. The third kappa shape index (κ3) is 10.0. The molecule has 9 heteroatoms. The van der Waals surface area contributed by atoms with Gasteiger partial charge in [-0.1, -0.05) is 43.0 Å². The van der Waals surface area contributed by atoms with Crippen molar-refractivity contribution in [3.63, 3.8) is 0 Å². The minimum Gasteiger partial charge on any atom is -0.481 e. The number of halogens is 1. The first-order chi connectivity index (χ1) is 12.7. The Hall–Kier alpha value is -2.06. The molecule has 1 aromatic carbocycles. The zero-order chi connectivity index (χ0) is 20.3. The normalized spacial score (nSPS) is 11.9. The molecule has 150 valence electrons. The molecule has 0 radical (unpaired) electrons. The molecule has 0 fully saturated rings. The van der Waals surface area contributed by atoms with Gasteiger partial charge in [0.1, 0.15) is 0 Å². The average Bonchev–Trinajstić information content (AvgIpc) is 2.56. The van der Waals surface area contributed by atoms with E-state index in [1.54, 1.807) is 24.3 Å². The van der Waals surface area contributed by atoms with E-state index in [9.17, 15) is 18.0 Å². The standard InChI is InChI=1S/C18H25ClN2O5S/c1-14(12-15-8-7-9-16(19)13-15)27(25,26)21-18(24)20-11-6-4-2-3-5-10-17(22)23/h7-9,12-13H,2-6,10-11H2,1H3,(H,22,23)(H2,20,21,24)/b14-12+. The molecule has 0 atom stereocenters. The summed E-state index contributed by atoms with van der Waals surface area (Å²) < 4.78 is 26.3. The first-order valence-corrected chi connectivity index (χ1v) is 10.5. The number of carboxylic acid groups (broad SMARTS) is 1. The van der Waals surface area contributed by atoms with Crippen LogP contribution in [0.3, 0.4) is 0 Å². The van der Waals surface area contributed by atoms with Gasteiger partial charge in [-0.05, 0) is 43.5 Å². The third-order valence-electron chi connectivity index (χ3n) is 3.72. The predicted octanol–water partition coefficient (Wildman–Crippen LogP) is 3.76. The van der Waals surface area contributed by atoms with Crippen molar-refractivity contribution in [2.24, 2.45) is 0 Å². The summed E-state index contributed by atoms with van der Waals surface area (Å²) in [6, 6.07) is 5.94. The SMILES string of the molecule is C/C(=C\c1cccc(Cl)c1)S(=O)(=O)NC(=O)NCCCCCCCC(=O)O. The molecule has 7 nitrogen and oxygen atoms in total. The van der Waals surface area contributed by atoms with E-state index in [1.807, 2.05) is 4.72 Å². The van der Waals surface area contributed by atoms with Crippen LogP contribution in [-0.4, -0.2) is 32.1 Å². The van der Waals surface area contributed by atoms with E-state index < -0.39 is 22.0 Å². The fourth-order valence-electron chi connectivity index (χ4n) is 2.28. The maximum atomic E-state index is 12.2. The molecule has 0 aliphatic rings. The van der Waals surface area contributed by atoms with Crippen molar-refractivity contribution in [1.82, 2.24) is 10.0 Å². The van der Waals surface area contributed by atoms with E-state index in [-0.39, 0.29) is 11.3 Å². The van der Waals surface area contributed by atoms with Gasteiger partial charge in [-0.15, -0.1) is 0 Å². The van der Waals surface area contributed by atoms with Crippen molar-refractivity contribution >= 4 is 39.7 Å². The molecule has 0 spiro atoms. The van der Waals surface area contributed by atoms with Crippen LogP contribution in [0.1, 0.15) is 51.0 Å². The zero-order valence-electron chi connectivity index (χ0n) is 15.2. The van der Waals surface area contributed by atoms with Crippen LogP contribution in [-0.2, 0) is 14.8 Å². The number of carbonyl (C=O) groups is 2. The molecule has 0 aliphatic heterocycles. The highest BCUT2D eigenvalue weighted by atomic mass is 35.5. The van der Waals surface area contributed by atoms with Gasteiger partial charge in [0, 0.05) is 18.0 Å². The molecule has 0 saturated carbocycles. The number of benzene rings is 1. The predicted molar refractivity (Wildman–Crippen MR) is 106 cm³/mol. The fourth-order valence-corrected chi connectivity index (χ4v) is 3.25. The number of carbonyl (C=O) groups excluding carboxylic acids is 1. The summed E-state index contributed by atoms with van der Waals surface area (Å²) in [4.78, 5) is 22.1. The van der Waals surface area contributed by atoms with Gasteiger partial charge in [-0.2, -0.15) is 0 Å². The molecule has 0 bridgehead atoms. The van der Waals surface area contributed by atoms with Crippen molar-refractivity contribution in [2.75, 3.05) is 6.54 Å². The van der Waals surface area contributed by atoms with Crippen LogP contribution in [0.25, 0.3) is 6.08 Å². The molecule has 1 aromatic rings. The van der Waals surface area contributed by atoms with Gasteiger partial charge in [-0.25, -0.2) is 17.9 Å². The third-order valence-corrected chi connectivity index (χ3v) is 5.38. The lowest BCUT2D eigenvalue weighted by Crippen LogP contribution is -2.39. The minimum absolute atomic E-state index is 0.00153. The molecule has 3 N–H and O–H groups in total. The number of urea groups is 1. The molecular weight excluding hydrogens is 392 g/mol. The van der Waals surface area contributed by atoms with E-state index in [1.165, 1.54) is 13.0 Å². The van der Waals surface area contributed by atoms with Crippen LogP contribution >= 0.6 is 11.6 Å². The van der Waals surface area contributed by atoms with Crippen molar-refractivity contribution in [1.29, 1.82) is 0 Å². The first-order valence-electron chi connectivity index (χ1n) is 8.67. The zero-order valence-corrected chi connectivity index (χ0v) is 16.8. The minimum atomic E-state index is -3.93. The summed E-state index contributed by atoms with van der Waals surface area (Å²) >= 11 is 5.87. The number of hydrogen-bond donors (Lipinski definition) is 3. The Morgan fingerprint density at radius 1 is 1.15 bits per heavy atom. The van der Waals surface area contributed by atoms with Gasteiger partial charge in [-0.3, -0.25) is 4.79 Å². The molecule has 1 rings (SSSR count). The molecule has 0 heterocycles. The Kier molecular flexibility index (Phi) is 9.88. The lowest BCUT2D eigenvalue weighted by molar-refractivity contribution is -0.137. The summed E-state index contributed by atoms with van der Waals surface area (Å²) in [5.41, 5.74) is 0.619. The average molecular weight is 417 g/mol. The van der Waals surface area contributed by atoms with Gasteiger partial charge in [0.15, 0.2) is 0 Å². The second kappa shape index (κ2) is 11.6. The Morgan fingerprint density at radius 3 is 2.48 bits per heavy atom. The number of hydrogen-bond acceptors (Lipinski definition) is 4. The largest absolute Gasteiger partial charge is 0.481 e. The van der Waals surface area contributed by atoms with E-state index >= 15 is 0 Å². The number of aliphatic carboxylic acids is 1. The molecule has 0 unspecified atom stereocenters. The smallest absolute Gasteiger partial charge is 0.328 e. The summed E-state index contributed by atoms with van der Waals surface area (Å²) in [6.45, 7) is 1.74. The van der Waals surface area contributed by atoms with Crippen LogP contribution in [0, 0.1) is 0 Å². The number of nitrogens with one attached hydrogen (secondary N) is 2. The van der Waals surface area contributed by atoms with Crippen molar-refractivity contribution in [2.45, 2.75) is 45.4 Å². The number of sulfonamides is 1. The summed E-state index contributed by atoms with van der Waals surface area (Å²) in [6.07, 6.45) is 5.45. The molecule has 2 amide bonds. The second-order valence-electron chi connectivity index (χ2n) is 6.08. The molecule has 0 aromatic heterocycles. The first kappa shape index (κ1) is 23.0. The number of allylic oxidation sites excluding steroid dienone is 1. The van der Waals surface area contributed by atoms with Gasteiger partial charge >= 0.3 is 12.0 Å². The summed E-state index contributed by atoms with van der Waals surface area (Å²) in [7, 11) is -3.93. The van der Waals surface area contributed by atoms with E-state index in [0.717, 1.165) is 19.3 Å². The van der Waals surface area contributed by atoms with Crippen molar-refractivity contribution in [3.05, 3.63) is 39.8 Å². The fraction of sp³-hybridized carbons (Fsp3) is 0.444. The Balaban J connectivity index is 2.34. The van der Waals surface area contributed by atoms with Crippen LogP contribution in [0.4, 0.5) is 4.79 Å². The van der Waals surface area contributed by atoms with Crippen LogP contribution in [0.15, 0.2) is 29.2 Å². The molecular formula is C18H25ClN2O5S. The number of rotatable bonds is 11. The summed E-state index contributed by atoms with van der Waals surface area (Å²) in [5, 5.41) is 11.5. The molecule has 0 aliphatic carbocycles. The van der Waals surface area contributed by atoms with Crippen LogP contribution in [0.5, 0.6) is 0 Å². The van der Waals surface area contributed by atoms with Gasteiger partial charge < -0.3 is 10.4 Å². The number of carboxylic acids is 1. The van der Waals surface area contributed by atoms with Crippen molar-refractivity contribution < 1.29 is 23.1 Å². The highest BCUT2D eigenvalue weighted by Crippen LogP contribution is 2.15. The van der Waals surface area contributed by atoms with Crippen LogP contribution in [0.2, 0.25) is 5.02 Å². The van der Waals surface area contributed by atoms with Gasteiger partial charge in [0.2, 0.25) is 0 Å². The van der Waals surface area contributed by atoms with Crippen molar-refractivity contribution in [3.8, 4) is 0 Å². The quantitative estimate of drug-likeness (QED) is 0.475. The Bertz CT molecular complexity index is 778. The van der Waals surface area contributed by atoms with E-state index in [4.69, 9.17) is 16.7 Å². The monoisotopic (exact) mass is 416 g/mol. The Morgan fingerprint density at radius 2 is 1.81 bits per heavy atom. The highest BCUT2D eigenvalue weighted by molar-refractivity contribution is 7.94. The van der Waals surface area contributed by atoms with Gasteiger partial charge in [0.05, 0.1) is 4.91 Å². The van der Waals surface area contributed by atoms with E-state index in [2.05, 4.69) is 5.32 Å². The second-order valence-corrected chi connectivity index (χ2v) is 8.37. The Labute approximate surface area is 164 Å². The molecule has 0 saturated heterocycles. The van der Waals surface area contributed by atoms with Gasteiger partial charge in [0.25, 0.3) is 10.0 Å². The highest BCUT2D eigenvalue weighted by Gasteiger charge is 2.16. The number of amides is 2. The van der Waals surface area contributed by atoms with Crippen LogP contribution < -0.4 is 10.0 Å². The summed E-state index contributed by atoms with van der Waals surface area (Å²) in [5.74, 6) is -0.797. The number of unbranched alkanes of at least 4 members (excludes halogenated alkanes) is 4. The molecule has 27 heavy (non-hydrogen) atoms. The lowest BCUT2D eigenvalue weighted by Gasteiger charge is -2.09. The topological polar surface area (TPSA) is 113 Å². The maximum Gasteiger partial charge on any atom is 0.328 e. The van der Waals surface area contributed by atoms with E-state index in [0.29, 0.717) is 30.0 Å². The maximum absolute atomic E-state index is 12.2.